The standard InChI is InChI=1S/C12H12FN3O/c13-11-3-2-9(7-14)6-10(11)8-16-5-1-4-15-12(16)17/h1-6H,7-8,14H2. The predicted octanol–water partition coefficient (Wildman–Crippen LogP) is 0.889. The first-order valence-electron chi connectivity index (χ1n) is 5.19. The number of nitrogens with zero attached hydrogens (tertiary/aromatic N) is 2. The van der Waals surface area contributed by atoms with Crippen molar-refractivity contribution < 1.29 is 4.39 Å². The van der Waals surface area contributed by atoms with Crippen molar-refractivity contribution in [3.8, 4) is 0 Å². The molecule has 0 aliphatic heterocycles. The molecule has 0 amide bonds. The summed E-state index contributed by atoms with van der Waals surface area (Å²) in [4.78, 5) is 15.0. The van der Waals surface area contributed by atoms with Crippen molar-refractivity contribution in [3.63, 3.8) is 0 Å². The lowest BCUT2D eigenvalue weighted by molar-refractivity contribution is 0.592. The third-order valence-corrected chi connectivity index (χ3v) is 2.47. The molecule has 0 aliphatic rings. The second-order valence-electron chi connectivity index (χ2n) is 3.66. The van der Waals surface area contributed by atoms with E-state index in [1.165, 1.54) is 16.8 Å². The summed E-state index contributed by atoms with van der Waals surface area (Å²) in [5.74, 6) is -0.349. The fourth-order valence-electron chi connectivity index (χ4n) is 1.57. The SMILES string of the molecule is NCc1ccc(F)c(Cn2cccnc2=O)c1. The molecule has 17 heavy (non-hydrogen) atoms. The molecule has 5 heteroatoms. The van der Waals surface area contributed by atoms with E-state index in [1.807, 2.05) is 0 Å². The van der Waals surface area contributed by atoms with Crippen LogP contribution in [0, 0.1) is 5.82 Å². The third kappa shape index (κ3) is 2.57. The minimum absolute atomic E-state index is 0.159. The molecule has 1 aromatic carbocycles. The second-order valence-corrected chi connectivity index (χ2v) is 3.66. The Balaban J connectivity index is 2.36. The zero-order valence-corrected chi connectivity index (χ0v) is 9.14. The molecule has 88 valence electrons. The summed E-state index contributed by atoms with van der Waals surface area (Å²) in [6.07, 6.45) is 2.98. The summed E-state index contributed by atoms with van der Waals surface area (Å²) in [6, 6.07) is 6.28. The first kappa shape index (κ1) is 11.5. The Bertz CT molecular complexity index is 580. The average Bonchev–Trinajstić information content (AvgIpc) is 2.35. The summed E-state index contributed by atoms with van der Waals surface area (Å²) < 4.78 is 14.9. The number of benzene rings is 1. The smallest absolute Gasteiger partial charge is 0.326 e. The molecule has 1 heterocycles. The van der Waals surface area contributed by atoms with Gasteiger partial charge in [0, 0.05) is 24.5 Å². The fraction of sp³-hybridized carbons (Fsp3) is 0.167. The van der Waals surface area contributed by atoms with Crippen LogP contribution in [0.2, 0.25) is 0 Å². The molecule has 0 unspecified atom stereocenters. The molecular weight excluding hydrogens is 221 g/mol. The summed E-state index contributed by atoms with van der Waals surface area (Å²) in [5.41, 5.74) is 6.36. The largest absolute Gasteiger partial charge is 0.347 e. The van der Waals surface area contributed by atoms with Crippen LogP contribution in [-0.2, 0) is 13.1 Å². The van der Waals surface area contributed by atoms with Crippen LogP contribution in [0.1, 0.15) is 11.1 Å². The Labute approximate surface area is 97.5 Å². The molecule has 2 N–H and O–H groups in total. The van der Waals surface area contributed by atoms with Crippen LogP contribution in [-0.4, -0.2) is 9.55 Å². The minimum atomic E-state index is -0.398. The highest BCUT2D eigenvalue weighted by molar-refractivity contribution is 5.25. The van der Waals surface area contributed by atoms with Crippen molar-refractivity contribution in [2.24, 2.45) is 5.73 Å². The number of hydrogen-bond donors (Lipinski definition) is 1. The van der Waals surface area contributed by atoms with Crippen LogP contribution in [0.3, 0.4) is 0 Å². The molecule has 0 fully saturated rings. The van der Waals surface area contributed by atoms with Crippen molar-refractivity contribution in [2.45, 2.75) is 13.1 Å². The quantitative estimate of drug-likeness (QED) is 0.856. The molecule has 0 saturated heterocycles. The molecule has 0 radical (unpaired) electrons. The van der Waals surface area contributed by atoms with Gasteiger partial charge in [0.15, 0.2) is 0 Å². The zero-order chi connectivity index (χ0) is 12.3. The topological polar surface area (TPSA) is 60.9 Å². The van der Waals surface area contributed by atoms with Crippen LogP contribution in [0.25, 0.3) is 0 Å². The number of rotatable bonds is 3. The van der Waals surface area contributed by atoms with Gasteiger partial charge < -0.3 is 5.73 Å². The van der Waals surface area contributed by atoms with Crippen molar-refractivity contribution in [2.75, 3.05) is 0 Å². The van der Waals surface area contributed by atoms with Crippen molar-refractivity contribution in [3.05, 3.63) is 64.1 Å². The molecule has 2 aromatic rings. The van der Waals surface area contributed by atoms with E-state index >= 15 is 0 Å². The highest BCUT2D eigenvalue weighted by Gasteiger charge is 2.05. The molecule has 0 saturated carbocycles. The van der Waals surface area contributed by atoms with E-state index in [4.69, 9.17) is 5.73 Å². The van der Waals surface area contributed by atoms with Crippen LogP contribution in [0.5, 0.6) is 0 Å². The lowest BCUT2D eigenvalue weighted by Gasteiger charge is -2.07. The molecule has 0 bridgehead atoms. The summed E-state index contributed by atoms with van der Waals surface area (Å²) in [5, 5.41) is 0. The van der Waals surface area contributed by atoms with Gasteiger partial charge in [0.05, 0.1) is 6.54 Å². The molecule has 0 atom stereocenters. The maximum Gasteiger partial charge on any atom is 0.347 e. The van der Waals surface area contributed by atoms with Gasteiger partial charge >= 0.3 is 5.69 Å². The van der Waals surface area contributed by atoms with E-state index in [0.29, 0.717) is 12.1 Å². The summed E-state index contributed by atoms with van der Waals surface area (Å²) >= 11 is 0. The molecule has 0 aliphatic carbocycles. The number of nitrogens with two attached hydrogens (primary N) is 1. The Morgan fingerprint density at radius 3 is 2.94 bits per heavy atom. The molecule has 0 spiro atoms. The first-order valence-corrected chi connectivity index (χ1v) is 5.19. The van der Waals surface area contributed by atoms with E-state index in [0.717, 1.165) is 5.56 Å². The average molecular weight is 233 g/mol. The van der Waals surface area contributed by atoms with Crippen LogP contribution in [0.4, 0.5) is 4.39 Å². The Morgan fingerprint density at radius 1 is 1.41 bits per heavy atom. The first-order chi connectivity index (χ1) is 8.20. The van der Waals surface area contributed by atoms with Crippen molar-refractivity contribution in [1.29, 1.82) is 0 Å². The van der Waals surface area contributed by atoms with Crippen molar-refractivity contribution >= 4 is 0 Å². The van der Waals surface area contributed by atoms with Gasteiger partial charge in [-0.15, -0.1) is 0 Å². The predicted molar refractivity (Wildman–Crippen MR) is 61.9 cm³/mol. The van der Waals surface area contributed by atoms with Gasteiger partial charge in [0.2, 0.25) is 0 Å². The van der Waals surface area contributed by atoms with Gasteiger partial charge in [-0.1, -0.05) is 6.07 Å². The normalized spacial score (nSPS) is 10.5. The van der Waals surface area contributed by atoms with Gasteiger partial charge in [0.1, 0.15) is 5.82 Å². The summed E-state index contributed by atoms with van der Waals surface area (Å²) in [6.45, 7) is 0.502. The van der Waals surface area contributed by atoms with E-state index in [1.54, 1.807) is 24.4 Å². The van der Waals surface area contributed by atoms with Crippen LogP contribution >= 0.6 is 0 Å². The van der Waals surface area contributed by atoms with Gasteiger partial charge in [0.25, 0.3) is 0 Å². The van der Waals surface area contributed by atoms with Gasteiger partial charge in [-0.05, 0) is 23.8 Å². The lowest BCUT2D eigenvalue weighted by atomic mass is 10.1. The van der Waals surface area contributed by atoms with E-state index in [9.17, 15) is 9.18 Å². The highest BCUT2D eigenvalue weighted by Crippen LogP contribution is 2.11. The zero-order valence-electron chi connectivity index (χ0n) is 9.14. The fourth-order valence-corrected chi connectivity index (χ4v) is 1.57. The Hall–Kier alpha value is -2.01. The molecule has 4 nitrogen and oxygen atoms in total. The summed E-state index contributed by atoms with van der Waals surface area (Å²) in [7, 11) is 0. The Morgan fingerprint density at radius 2 is 2.24 bits per heavy atom. The maximum absolute atomic E-state index is 13.5. The molecule has 1 aromatic heterocycles. The van der Waals surface area contributed by atoms with Crippen LogP contribution in [0.15, 0.2) is 41.5 Å². The van der Waals surface area contributed by atoms with E-state index in [-0.39, 0.29) is 12.4 Å². The van der Waals surface area contributed by atoms with E-state index in [2.05, 4.69) is 4.98 Å². The van der Waals surface area contributed by atoms with Crippen molar-refractivity contribution in [1.82, 2.24) is 9.55 Å². The monoisotopic (exact) mass is 233 g/mol. The molecular formula is C12H12FN3O. The number of aromatic nitrogens is 2. The minimum Gasteiger partial charge on any atom is -0.326 e. The maximum atomic E-state index is 13.5. The van der Waals surface area contributed by atoms with Gasteiger partial charge in [-0.2, -0.15) is 0 Å². The highest BCUT2D eigenvalue weighted by atomic mass is 19.1. The second kappa shape index (κ2) is 4.88. The van der Waals surface area contributed by atoms with Gasteiger partial charge in [-0.25, -0.2) is 14.2 Å². The lowest BCUT2D eigenvalue weighted by Crippen LogP contribution is -2.22. The number of halogens is 1. The number of hydrogen-bond acceptors (Lipinski definition) is 3. The Kier molecular flexibility index (Phi) is 3.30. The van der Waals surface area contributed by atoms with Crippen LogP contribution < -0.4 is 11.4 Å². The molecule has 2 rings (SSSR count). The van der Waals surface area contributed by atoms with Gasteiger partial charge in [-0.3, -0.25) is 4.57 Å². The third-order valence-electron chi connectivity index (χ3n) is 2.47. The van der Waals surface area contributed by atoms with E-state index < -0.39 is 5.69 Å².